The van der Waals surface area contributed by atoms with E-state index < -0.39 is 0 Å². The van der Waals surface area contributed by atoms with Gasteiger partial charge < -0.3 is 5.32 Å². The highest BCUT2D eigenvalue weighted by Crippen LogP contribution is 2.35. The van der Waals surface area contributed by atoms with Crippen LogP contribution in [-0.2, 0) is 4.79 Å². The third kappa shape index (κ3) is 3.61. The third-order valence-electron chi connectivity index (χ3n) is 6.04. The number of para-hydroxylation sites is 2. The number of fused-ring (bicyclic) bond motifs is 1. The Morgan fingerprint density at radius 2 is 1.29 bits per heavy atom. The molecule has 4 aromatic carbocycles. The Kier molecular flexibility index (Phi) is 4.89. The summed E-state index contributed by atoms with van der Waals surface area (Å²) in [6, 6.07) is 36.5. The van der Waals surface area contributed by atoms with E-state index in [9.17, 15) is 4.79 Å². The van der Waals surface area contributed by atoms with Crippen LogP contribution in [0.25, 0.3) is 39.7 Å². The molecular weight excluding hydrogens is 418 g/mol. The number of anilines is 1. The number of hydrogen-bond donors (Lipinski definition) is 1. The van der Waals surface area contributed by atoms with Gasteiger partial charge in [-0.25, -0.2) is 4.68 Å². The number of carbonyl (C=O) groups is 1. The quantitative estimate of drug-likeness (QED) is 0.317. The number of hydrogen-bond acceptors (Lipinski definition) is 2. The van der Waals surface area contributed by atoms with E-state index in [-0.39, 0.29) is 5.91 Å². The van der Waals surface area contributed by atoms with Crippen molar-refractivity contribution in [3.63, 3.8) is 0 Å². The standard InChI is InChI=1S/C30H21N3O/c34-30-27(26-13-7-8-14-28(26)31-30)19-24-20-33(25-11-5-2-6-12-25)32-29(24)23-17-15-22(16-18-23)21-9-3-1-4-10-21/h1-20H,(H,31,34)/b27-19+. The van der Waals surface area contributed by atoms with Crippen molar-refractivity contribution in [3.8, 4) is 28.1 Å². The van der Waals surface area contributed by atoms with E-state index in [0.29, 0.717) is 5.57 Å². The second kappa shape index (κ2) is 8.34. The van der Waals surface area contributed by atoms with Crippen LogP contribution >= 0.6 is 0 Å². The molecule has 0 aliphatic carbocycles. The summed E-state index contributed by atoms with van der Waals surface area (Å²) >= 11 is 0. The van der Waals surface area contributed by atoms with Gasteiger partial charge in [-0.2, -0.15) is 5.10 Å². The van der Waals surface area contributed by atoms with E-state index in [0.717, 1.165) is 39.3 Å². The number of carbonyl (C=O) groups excluding carboxylic acids is 1. The first-order chi connectivity index (χ1) is 16.8. The minimum Gasteiger partial charge on any atom is -0.321 e. The average molecular weight is 440 g/mol. The van der Waals surface area contributed by atoms with Crippen LogP contribution in [0.4, 0.5) is 5.69 Å². The topological polar surface area (TPSA) is 46.9 Å². The second-order valence-corrected chi connectivity index (χ2v) is 8.21. The van der Waals surface area contributed by atoms with Crippen LogP contribution < -0.4 is 5.32 Å². The molecular formula is C30H21N3O. The van der Waals surface area contributed by atoms with Gasteiger partial charge in [-0.05, 0) is 35.4 Å². The van der Waals surface area contributed by atoms with Crippen LogP contribution in [0.15, 0.2) is 115 Å². The number of benzene rings is 4. The number of aromatic nitrogens is 2. The summed E-state index contributed by atoms with van der Waals surface area (Å²) in [5, 5.41) is 7.87. The Balaban J connectivity index is 1.47. The van der Waals surface area contributed by atoms with Crippen molar-refractivity contribution in [2.75, 3.05) is 5.32 Å². The summed E-state index contributed by atoms with van der Waals surface area (Å²) in [7, 11) is 0. The molecule has 1 amide bonds. The average Bonchev–Trinajstić information content (AvgIpc) is 3.46. The summed E-state index contributed by atoms with van der Waals surface area (Å²) in [4.78, 5) is 12.8. The Labute approximate surface area is 197 Å². The molecule has 34 heavy (non-hydrogen) atoms. The third-order valence-corrected chi connectivity index (χ3v) is 6.04. The van der Waals surface area contributed by atoms with Gasteiger partial charge >= 0.3 is 0 Å². The summed E-state index contributed by atoms with van der Waals surface area (Å²) in [6.07, 6.45) is 3.92. The van der Waals surface area contributed by atoms with E-state index in [1.807, 2.05) is 89.8 Å². The van der Waals surface area contributed by atoms with E-state index in [1.165, 1.54) is 5.56 Å². The van der Waals surface area contributed by atoms with Crippen molar-refractivity contribution in [2.24, 2.45) is 0 Å². The molecule has 0 unspecified atom stereocenters. The molecule has 0 atom stereocenters. The first-order valence-corrected chi connectivity index (χ1v) is 11.2. The van der Waals surface area contributed by atoms with Crippen LogP contribution in [0.1, 0.15) is 11.1 Å². The number of amides is 1. The molecule has 1 aliphatic rings. The lowest BCUT2D eigenvalue weighted by atomic mass is 10.00. The van der Waals surface area contributed by atoms with Crippen LogP contribution in [0.2, 0.25) is 0 Å². The van der Waals surface area contributed by atoms with Crippen LogP contribution in [-0.4, -0.2) is 15.7 Å². The zero-order chi connectivity index (χ0) is 22.9. The molecule has 1 aliphatic heterocycles. The van der Waals surface area contributed by atoms with E-state index in [2.05, 4.69) is 41.7 Å². The normalized spacial score (nSPS) is 13.6. The fourth-order valence-corrected chi connectivity index (χ4v) is 4.32. The van der Waals surface area contributed by atoms with Crippen molar-refractivity contribution in [3.05, 3.63) is 127 Å². The fraction of sp³-hybridized carbons (Fsp3) is 0. The molecule has 6 rings (SSSR count). The Morgan fingerprint density at radius 1 is 0.676 bits per heavy atom. The molecule has 0 spiro atoms. The maximum Gasteiger partial charge on any atom is 0.256 e. The van der Waals surface area contributed by atoms with Gasteiger partial charge in [0.25, 0.3) is 5.91 Å². The van der Waals surface area contributed by atoms with E-state index >= 15 is 0 Å². The number of nitrogens with one attached hydrogen (secondary N) is 1. The molecule has 0 saturated carbocycles. The number of nitrogens with zero attached hydrogens (tertiary/aromatic N) is 2. The van der Waals surface area contributed by atoms with Gasteiger partial charge in [0.1, 0.15) is 0 Å². The van der Waals surface area contributed by atoms with Crippen LogP contribution in [0.5, 0.6) is 0 Å². The van der Waals surface area contributed by atoms with Crippen LogP contribution in [0, 0.1) is 0 Å². The zero-order valence-corrected chi connectivity index (χ0v) is 18.3. The molecule has 1 aromatic heterocycles. The smallest absolute Gasteiger partial charge is 0.256 e. The first-order valence-electron chi connectivity index (χ1n) is 11.2. The minimum atomic E-state index is -0.0981. The van der Waals surface area contributed by atoms with Crippen molar-refractivity contribution in [1.82, 2.24) is 9.78 Å². The minimum absolute atomic E-state index is 0.0981. The molecule has 0 bridgehead atoms. The van der Waals surface area contributed by atoms with Crippen molar-refractivity contribution in [1.29, 1.82) is 0 Å². The fourth-order valence-electron chi connectivity index (χ4n) is 4.32. The SMILES string of the molecule is O=C1Nc2ccccc2/C1=C\c1cn(-c2ccccc2)nc1-c1ccc(-c2ccccc2)cc1. The predicted molar refractivity (Wildman–Crippen MR) is 137 cm³/mol. The zero-order valence-electron chi connectivity index (χ0n) is 18.3. The lowest BCUT2D eigenvalue weighted by molar-refractivity contribution is -0.110. The largest absolute Gasteiger partial charge is 0.321 e. The molecule has 162 valence electrons. The maximum absolute atomic E-state index is 12.8. The summed E-state index contributed by atoms with van der Waals surface area (Å²) < 4.78 is 1.87. The molecule has 0 radical (unpaired) electrons. The molecule has 0 fully saturated rings. The van der Waals surface area contributed by atoms with E-state index in [1.54, 1.807) is 0 Å². The lowest BCUT2D eigenvalue weighted by Gasteiger charge is -2.04. The van der Waals surface area contributed by atoms with E-state index in [4.69, 9.17) is 5.10 Å². The van der Waals surface area contributed by atoms with Gasteiger partial charge in [0.15, 0.2) is 0 Å². The molecule has 0 saturated heterocycles. The molecule has 4 heteroatoms. The van der Waals surface area contributed by atoms with Gasteiger partial charge in [0.05, 0.1) is 11.4 Å². The van der Waals surface area contributed by atoms with Gasteiger partial charge in [-0.1, -0.05) is 91.0 Å². The maximum atomic E-state index is 12.8. The monoisotopic (exact) mass is 439 g/mol. The van der Waals surface area contributed by atoms with Gasteiger partial charge in [-0.3, -0.25) is 4.79 Å². The van der Waals surface area contributed by atoms with Gasteiger partial charge in [-0.15, -0.1) is 0 Å². The molecule has 1 N–H and O–H groups in total. The van der Waals surface area contributed by atoms with Crippen LogP contribution in [0.3, 0.4) is 0 Å². The van der Waals surface area contributed by atoms with Crippen molar-refractivity contribution < 1.29 is 4.79 Å². The molecule has 5 aromatic rings. The first kappa shape index (κ1) is 19.9. The van der Waals surface area contributed by atoms with Crippen molar-refractivity contribution >= 4 is 23.2 Å². The highest BCUT2D eigenvalue weighted by atomic mass is 16.2. The summed E-state index contributed by atoms with van der Waals surface area (Å²) in [5.41, 5.74) is 8.38. The Morgan fingerprint density at radius 3 is 2.06 bits per heavy atom. The highest BCUT2D eigenvalue weighted by Gasteiger charge is 2.24. The Bertz CT molecular complexity index is 1510. The number of rotatable bonds is 4. The lowest BCUT2D eigenvalue weighted by Crippen LogP contribution is -2.03. The van der Waals surface area contributed by atoms with Crippen molar-refractivity contribution in [2.45, 2.75) is 0 Å². The Hall–Kier alpha value is -4.70. The van der Waals surface area contributed by atoms with Gasteiger partial charge in [0, 0.05) is 34.1 Å². The van der Waals surface area contributed by atoms with Gasteiger partial charge in [0.2, 0.25) is 0 Å². The molecule has 4 nitrogen and oxygen atoms in total. The summed E-state index contributed by atoms with van der Waals surface area (Å²) in [6.45, 7) is 0. The predicted octanol–water partition coefficient (Wildman–Crippen LogP) is 6.70. The molecule has 2 heterocycles. The summed E-state index contributed by atoms with van der Waals surface area (Å²) in [5.74, 6) is -0.0981. The second-order valence-electron chi connectivity index (χ2n) is 8.21. The highest BCUT2D eigenvalue weighted by molar-refractivity contribution is 6.35.